The third-order valence-electron chi connectivity index (χ3n) is 3.81. The summed E-state index contributed by atoms with van der Waals surface area (Å²) in [5.41, 5.74) is -2.62. The number of rotatable bonds is 4. The van der Waals surface area contributed by atoms with Crippen LogP contribution < -0.4 is 0 Å². The predicted octanol–water partition coefficient (Wildman–Crippen LogP) is 1.98. The number of aromatic nitrogens is 5. The van der Waals surface area contributed by atoms with Crippen LogP contribution in [0.5, 0.6) is 0 Å². The van der Waals surface area contributed by atoms with Crippen LogP contribution in [0.2, 0.25) is 0 Å². The molecule has 3 rings (SSSR count). The molecule has 0 unspecified atom stereocenters. The Morgan fingerprint density at radius 2 is 1.92 bits per heavy atom. The molecule has 0 aliphatic carbocycles. The van der Waals surface area contributed by atoms with E-state index in [1.807, 2.05) is 0 Å². The van der Waals surface area contributed by atoms with Crippen molar-refractivity contribution in [2.45, 2.75) is 18.6 Å². The van der Waals surface area contributed by atoms with Crippen molar-refractivity contribution in [1.82, 2.24) is 24.7 Å². The van der Waals surface area contributed by atoms with Crippen LogP contribution in [0, 0.1) is 17.5 Å². The Labute approximate surface area is 134 Å². The maximum absolute atomic E-state index is 14.3. The van der Waals surface area contributed by atoms with Gasteiger partial charge in [0.05, 0.1) is 17.8 Å². The Kier molecular flexibility index (Phi) is 4.02. The van der Waals surface area contributed by atoms with E-state index in [1.165, 1.54) is 6.92 Å². The highest BCUT2D eigenvalue weighted by atomic mass is 19.1. The Morgan fingerprint density at radius 3 is 2.54 bits per heavy atom. The molecule has 0 aliphatic heterocycles. The average molecular weight is 335 g/mol. The Bertz CT molecular complexity index is 858. The van der Waals surface area contributed by atoms with Crippen LogP contribution in [0.25, 0.3) is 0 Å². The van der Waals surface area contributed by atoms with Gasteiger partial charge in [-0.3, -0.25) is 0 Å². The number of halogens is 3. The highest BCUT2D eigenvalue weighted by Gasteiger charge is 2.43. The number of nitrogens with zero attached hydrogens (tertiary/aromatic N) is 5. The maximum Gasteiger partial charge on any atom is 0.197 e. The predicted molar refractivity (Wildman–Crippen MR) is 76.1 cm³/mol. The molecule has 0 saturated carbocycles. The summed E-state index contributed by atoms with van der Waals surface area (Å²) in [4.78, 5) is 11.1. The van der Waals surface area contributed by atoms with E-state index in [0.717, 1.165) is 42.0 Å². The maximum atomic E-state index is 14.3. The smallest absolute Gasteiger partial charge is 0.197 e. The van der Waals surface area contributed by atoms with Crippen molar-refractivity contribution in [3.05, 3.63) is 72.1 Å². The van der Waals surface area contributed by atoms with Crippen molar-refractivity contribution < 1.29 is 18.3 Å². The zero-order valence-corrected chi connectivity index (χ0v) is 12.4. The van der Waals surface area contributed by atoms with Crippen molar-refractivity contribution in [2.75, 3.05) is 0 Å². The summed E-state index contributed by atoms with van der Waals surface area (Å²) in [5, 5.41) is 15.1. The van der Waals surface area contributed by atoms with E-state index in [9.17, 15) is 18.3 Å². The standard InChI is InChI=1S/C15H12F3N5O/c1-9(14-13(18)5-19-6-21-14)15(24,23-8-20-7-22-23)11-3-2-10(16)4-12(11)17/h2-9,24H,1H3/t9-,15+/m0/s1. The van der Waals surface area contributed by atoms with E-state index >= 15 is 0 Å². The molecule has 0 saturated heterocycles. The molecular formula is C15H12F3N5O. The summed E-state index contributed by atoms with van der Waals surface area (Å²) in [7, 11) is 0. The van der Waals surface area contributed by atoms with E-state index in [0.29, 0.717) is 6.07 Å². The molecule has 24 heavy (non-hydrogen) atoms. The largest absolute Gasteiger partial charge is 0.365 e. The number of benzene rings is 1. The van der Waals surface area contributed by atoms with Gasteiger partial charge in [-0.2, -0.15) is 5.10 Å². The van der Waals surface area contributed by atoms with Gasteiger partial charge in [-0.25, -0.2) is 32.8 Å². The van der Waals surface area contributed by atoms with Crippen LogP contribution in [0.3, 0.4) is 0 Å². The van der Waals surface area contributed by atoms with Gasteiger partial charge in [-0.05, 0) is 12.1 Å². The molecule has 0 fully saturated rings. The van der Waals surface area contributed by atoms with E-state index in [-0.39, 0.29) is 11.3 Å². The van der Waals surface area contributed by atoms with Crippen molar-refractivity contribution in [2.24, 2.45) is 0 Å². The van der Waals surface area contributed by atoms with Gasteiger partial charge in [0.2, 0.25) is 0 Å². The SMILES string of the molecule is C[C@@H](c1ncncc1F)[C@@](O)(c1ccc(F)cc1F)n1cncn1. The van der Waals surface area contributed by atoms with E-state index in [2.05, 4.69) is 20.1 Å². The second-order valence-corrected chi connectivity index (χ2v) is 5.17. The highest BCUT2D eigenvalue weighted by molar-refractivity contribution is 5.30. The molecule has 3 aromatic rings. The van der Waals surface area contributed by atoms with Crippen molar-refractivity contribution in [3.63, 3.8) is 0 Å². The van der Waals surface area contributed by atoms with Gasteiger partial charge in [0.25, 0.3) is 0 Å². The Balaban J connectivity index is 2.22. The first-order valence-electron chi connectivity index (χ1n) is 6.93. The lowest BCUT2D eigenvalue weighted by Crippen LogP contribution is -2.42. The fourth-order valence-electron chi connectivity index (χ4n) is 2.56. The molecular weight excluding hydrogens is 323 g/mol. The molecule has 2 heterocycles. The van der Waals surface area contributed by atoms with Crippen LogP contribution in [0.4, 0.5) is 13.2 Å². The first-order valence-corrected chi connectivity index (χ1v) is 6.93. The monoisotopic (exact) mass is 335 g/mol. The first kappa shape index (κ1) is 16.1. The van der Waals surface area contributed by atoms with Crippen LogP contribution in [0.15, 0.2) is 43.4 Å². The fraction of sp³-hybridized carbons (Fsp3) is 0.200. The molecule has 0 radical (unpaired) electrons. The lowest BCUT2D eigenvalue weighted by Gasteiger charge is -2.34. The second-order valence-electron chi connectivity index (χ2n) is 5.17. The highest BCUT2D eigenvalue weighted by Crippen LogP contribution is 2.38. The molecule has 0 bridgehead atoms. The summed E-state index contributed by atoms with van der Waals surface area (Å²) in [6, 6.07) is 2.69. The zero-order chi connectivity index (χ0) is 17.3. The lowest BCUT2D eigenvalue weighted by atomic mass is 9.87. The molecule has 0 aliphatic rings. The minimum absolute atomic E-state index is 0.147. The molecule has 0 spiro atoms. The van der Waals surface area contributed by atoms with E-state index in [4.69, 9.17) is 0 Å². The van der Waals surface area contributed by atoms with Crippen LogP contribution in [-0.4, -0.2) is 29.8 Å². The number of hydrogen-bond donors (Lipinski definition) is 1. The zero-order valence-electron chi connectivity index (χ0n) is 12.4. The molecule has 1 aromatic carbocycles. The first-order chi connectivity index (χ1) is 11.4. The topological polar surface area (TPSA) is 76.7 Å². The quantitative estimate of drug-likeness (QED) is 0.789. The van der Waals surface area contributed by atoms with Crippen LogP contribution >= 0.6 is 0 Å². The number of aliphatic hydroxyl groups is 1. The third-order valence-corrected chi connectivity index (χ3v) is 3.81. The lowest BCUT2D eigenvalue weighted by molar-refractivity contribution is -0.0345. The molecule has 2 aromatic heterocycles. The van der Waals surface area contributed by atoms with Gasteiger partial charge in [0, 0.05) is 11.6 Å². The van der Waals surface area contributed by atoms with Gasteiger partial charge >= 0.3 is 0 Å². The average Bonchev–Trinajstić information content (AvgIpc) is 3.09. The van der Waals surface area contributed by atoms with Crippen molar-refractivity contribution >= 4 is 0 Å². The van der Waals surface area contributed by atoms with Crippen molar-refractivity contribution in [3.8, 4) is 0 Å². The summed E-state index contributed by atoms with van der Waals surface area (Å²) >= 11 is 0. The fourth-order valence-corrected chi connectivity index (χ4v) is 2.56. The van der Waals surface area contributed by atoms with E-state index in [1.54, 1.807) is 0 Å². The summed E-state index contributed by atoms with van der Waals surface area (Å²) in [5.74, 6) is -3.67. The number of hydrogen-bond acceptors (Lipinski definition) is 5. The van der Waals surface area contributed by atoms with Crippen LogP contribution in [-0.2, 0) is 5.72 Å². The van der Waals surface area contributed by atoms with Gasteiger partial charge in [0.15, 0.2) is 11.5 Å². The minimum atomic E-state index is -2.18. The Hall–Kier alpha value is -2.81. The normalized spacial score (nSPS) is 15.0. The van der Waals surface area contributed by atoms with E-state index < -0.39 is 29.1 Å². The molecule has 124 valence electrons. The van der Waals surface area contributed by atoms with Gasteiger partial charge < -0.3 is 5.11 Å². The summed E-state index contributed by atoms with van der Waals surface area (Å²) < 4.78 is 42.6. The molecule has 1 N–H and O–H groups in total. The van der Waals surface area contributed by atoms with Gasteiger partial charge in [-0.15, -0.1) is 0 Å². The summed E-state index contributed by atoms with van der Waals surface area (Å²) in [6.45, 7) is 1.44. The Morgan fingerprint density at radius 1 is 1.12 bits per heavy atom. The molecule has 6 nitrogen and oxygen atoms in total. The van der Waals surface area contributed by atoms with Crippen molar-refractivity contribution in [1.29, 1.82) is 0 Å². The third kappa shape index (κ3) is 2.52. The molecule has 0 amide bonds. The van der Waals surface area contributed by atoms with Crippen LogP contribution in [0.1, 0.15) is 24.1 Å². The van der Waals surface area contributed by atoms with Gasteiger partial charge in [0.1, 0.15) is 30.6 Å². The molecule has 9 heteroatoms. The minimum Gasteiger partial charge on any atom is -0.365 e. The van der Waals surface area contributed by atoms with Gasteiger partial charge in [-0.1, -0.05) is 6.92 Å². The summed E-state index contributed by atoms with van der Waals surface area (Å²) in [6.07, 6.45) is 4.33. The second kappa shape index (κ2) is 6.00. The molecule has 2 atom stereocenters.